The first-order valence-corrected chi connectivity index (χ1v) is 20.4. The summed E-state index contributed by atoms with van der Waals surface area (Å²) in [5.74, 6) is 0. The van der Waals surface area contributed by atoms with Crippen molar-refractivity contribution in [3.05, 3.63) is 223 Å². The number of rotatable bonds is 7. The topological polar surface area (TPSA) is 16.4 Å². The minimum atomic E-state index is -0.227. The zero-order chi connectivity index (χ0) is 39.5. The Balaban J connectivity index is 1.25. The van der Waals surface area contributed by atoms with Gasteiger partial charge in [-0.3, -0.25) is 0 Å². The summed E-state index contributed by atoms with van der Waals surface area (Å²) in [5.41, 5.74) is 19.3. The van der Waals surface area contributed by atoms with Gasteiger partial charge >= 0.3 is 0 Å². The van der Waals surface area contributed by atoms with Gasteiger partial charge in [0.2, 0.25) is 0 Å². The van der Waals surface area contributed by atoms with E-state index in [1.807, 2.05) is 0 Å². The molecule has 0 saturated heterocycles. The molecule has 1 aliphatic carbocycles. The van der Waals surface area contributed by atoms with Gasteiger partial charge in [0.1, 0.15) is 11.2 Å². The first-order valence-electron chi connectivity index (χ1n) is 20.4. The third kappa shape index (κ3) is 5.71. The van der Waals surface area contributed by atoms with Gasteiger partial charge in [-0.25, -0.2) is 0 Å². The van der Waals surface area contributed by atoms with Crippen molar-refractivity contribution < 1.29 is 4.42 Å². The van der Waals surface area contributed by atoms with Gasteiger partial charge in [0.05, 0.1) is 16.8 Å². The molecule has 9 aromatic carbocycles. The minimum Gasteiger partial charge on any atom is -0.455 e. The van der Waals surface area contributed by atoms with E-state index in [0.29, 0.717) is 0 Å². The molecule has 0 spiro atoms. The highest BCUT2D eigenvalue weighted by atomic mass is 16.3. The van der Waals surface area contributed by atoms with E-state index < -0.39 is 0 Å². The van der Waals surface area contributed by atoms with Crippen molar-refractivity contribution in [1.82, 2.24) is 0 Å². The molecule has 2 heteroatoms. The average Bonchev–Trinajstić information content (AvgIpc) is 3.80. The summed E-state index contributed by atoms with van der Waals surface area (Å²) in [7, 11) is 0. The van der Waals surface area contributed by atoms with Gasteiger partial charge in [-0.15, -0.1) is 0 Å². The van der Waals surface area contributed by atoms with Gasteiger partial charge in [0.15, 0.2) is 0 Å². The summed E-state index contributed by atoms with van der Waals surface area (Å²) in [6, 6.07) is 76.8. The zero-order valence-corrected chi connectivity index (χ0v) is 33.1. The van der Waals surface area contributed by atoms with Crippen molar-refractivity contribution in [3.63, 3.8) is 0 Å². The van der Waals surface area contributed by atoms with Crippen molar-refractivity contribution in [2.75, 3.05) is 4.90 Å². The Hall–Kier alpha value is -7.42. The summed E-state index contributed by atoms with van der Waals surface area (Å²) in [6.07, 6.45) is 0. The maximum absolute atomic E-state index is 6.91. The van der Waals surface area contributed by atoms with Crippen LogP contribution in [0.3, 0.4) is 0 Å². The van der Waals surface area contributed by atoms with E-state index in [1.54, 1.807) is 0 Å². The van der Waals surface area contributed by atoms with Crippen molar-refractivity contribution >= 4 is 39.0 Å². The molecule has 0 radical (unpaired) electrons. The minimum absolute atomic E-state index is 0.227. The number of furan rings is 1. The van der Waals surface area contributed by atoms with E-state index in [-0.39, 0.29) is 5.41 Å². The lowest BCUT2D eigenvalue weighted by Crippen LogP contribution is -2.17. The summed E-state index contributed by atoms with van der Waals surface area (Å²) in [4.78, 5) is 2.50. The molecule has 0 aliphatic heterocycles. The lowest BCUT2D eigenvalue weighted by Gasteiger charge is -2.31. The molecule has 1 aliphatic rings. The molecule has 0 atom stereocenters. The second kappa shape index (κ2) is 13.9. The first-order chi connectivity index (χ1) is 29.0. The van der Waals surface area contributed by atoms with E-state index in [0.717, 1.165) is 61.3 Å². The number of fused-ring (bicyclic) bond motifs is 6. The van der Waals surface area contributed by atoms with Crippen LogP contribution in [-0.4, -0.2) is 0 Å². The lowest BCUT2D eigenvalue weighted by atomic mass is 9.81. The molecule has 1 heterocycles. The third-order valence-electron chi connectivity index (χ3n) is 12.3. The second-order valence-electron chi connectivity index (χ2n) is 16.1. The van der Waals surface area contributed by atoms with Gasteiger partial charge in [-0.05, 0) is 92.0 Å². The van der Waals surface area contributed by atoms with Crippen LogP contribution in [0.25, 0.3) is 77.6 Å². The monoisotopic (exact) mass is 755 g/mol. The van der Waals surface area contributed by atoms with Crippen LogP contribution < -0.4 is 4.90 Å². The smallest absolute Gasteiger partial charge is 0.143 e. The Morgan fingerprint density at radius 1 is 0.390 bits per heavy atom. The molecule has 10 aromatic rings. The molecule has 0 saturated carbocycles. The number of hydrogen-bond acceptors (Lipinski definition) is 2. The lowest BCUT2D eigenvalue weighted by molar-refractivity contribution is 0.660. The van der Waals surface area contributed by atoms with Gasteiger partial charge in [-0.2, -0.15) is 0 Å². The van der Waals surface area contributed by atoms with Crippen LogP contribution in [0.1, 0.15) is 25.0 Å². The van der Waals surface area contributed by atoms with Gasteiger partial charge in [0, 0.05) is 27.6 Å². The fraction of sp³-hybridized carbons (Fsp3) is 0.0526. The van der Waals surface area contributed by atoms with Crippen LogP contribution in [0, 0.1) is 0 Å². The highest BCUT2D eigenvalue weighted by Crippen LogP contribution is 2.56. The highest BCUT2D eigenvalue weighted by molar-refractivity contribution is 6.17. The molecular formula is C57H41NO. The van der Waals surface area contributed by atoms with Crippen molar-refractivity contribution in [1.29, 1.82) is 0 Å². The molecule has 0 amide bonds. The molecule has 59 heavy (non-hydrogen) atoms. The average molecular weight is 756 g/mol. The molecule has 0 fully saturated rings. The second-order valence-corrected chi connectivity index (χ2v) is 16.1. The number of hydrogen-bond donors (Lipinski definition) is 0. The van der Waals surface area contributed by atoms with Crippen molar-refractivity contribution in [2.24, 2.45) is 0 Å². The summed E-state index contributed by atoms with van der Waals surface area (Å²) in [5, 5.41) is 2.16. The number of nitrogens with zero attached hydrogens (tertiary/aromatic N) is 1. The maximum atomic E-state index is 6.91. The van der Waals surface area contributed by atoms with E-state index in [2.05, 4.69) is 231 Å². The van der Waals surface area contributed by atoms with Crippen LogP contribution in [0.5, 0.6) is 0 Å². The van der Waals surface area contributed by atoms with E-state index in [4.69, 9.17) is 4.42 Å². The predicted octanol–water partition coefficient (Wildman–Crippen LogP) is 16.0. The van der Waals surface area contributed by atoms with Crippen LogP contribution in [0.4, 0.5) is 17.1 Å². The van der Waals surface area contributed by atoms with E-state index in [1.165, 1.54) is 44.5 Å². The van der Waals surface area contributed by atoms with Crippen molar-refractivity contribution in [3.8, 4) is 55.6 Å². The summed E-state index contributed by atoms with van der Waals surface area (Å²) >= 11 is 0. The molecule has 0 bridgehead atoms. The van der Waals surface area contributed by atoms with Crippen LogP contribution in [0.2, 0.25) is 0 Å². The van der Waals surface area contributed by atoms with Gasteiger partial charge in [0.25, 0.3) is 0 Å². The summed E-state index contributed by atoms with van der Waals surface area (Å²) in [6.45, 7) is 4.75. The van der Waals surface area contributed by atoms with Gasteiger partial charge in [-0.1, -0.05) is 190 Å². The SMILES string of the molecule is CC1(C)c2ccccc2-c2c(-c3ccccc3)cc(N(c3ccc(-c4ccccc4)cc3-c3ccccc3)c3cccc4oc5c(-c6ccccc6)cccc5c34)cc21. The number of benzene rings is 9. The molecule has 0 unspecified atom stereocenters. The molecule has 11 rings (SSSR count). The maximum Gasteiger partial charge on any atom is 0.143 e. The molecular weight excluding hydrogens is 715 g/mol. The zero-order valence-electron chi connectivity index (χ0n) is 33.1. The predicted molar refractivity (Wildman–Crippen MR) is 248 cm³/mol. The Morgan fingerprint density at radius 3 is 1.66 bits per heavy atom. The van der Waals surface area contributed by atoms with Crippen molar-refractivity contribution in [2.45, 2.75) is 19.3 Å². The van der Waals surface area contributed by atoms with E-state index >= 15 is 0 Å². The fourth-order valence-corrected chi connectivity index (χ4v) is 9.43. The van der Waals surface area contributed by atoms with Crippen LogP contribution >= 0.6 is 0 Å². The largest absolute Gasteiger partial charge is 0.455 e. The fourth-order valence-electron chi connectivity index (χ4n) is 9.43. The van der Waals surface area contributed by atoms with Crippen LogP contribution in [-0.2, 0) is 5.41 Å². The molecule has 280 valence electrons. The quantitative estimate of drug-likeness (QED) is 0.161. The van der Waals surface area contributed by atoms with E-state index in [9.17, 15) is 0 Å². The Bertz CT molecular complexity index is 3160. The first kappa shape index (κ1) is 34.8. The standard InChI is InChI=1S/C57H41NO/c1-57(2)49-30-16-15-27-45(49)54-48(41-25-13-6-14-26-41)36-43(37-50(54)57)58(51-34-33-42(38-19-7-3-8-20-38)35-47(51)40-23-11-5-12-24-40)52-31-18-32-53-55(52)46-29-17-28-44(56(46)59-53)39-21-9-4-10-22-39/h3-37H,1-2H3. The summed E-state index contributed by atoms with van der Waals surface area (Å²) < 4.78 is 6.91. The van der Waals surface area contributed by atoms with Gasteiger partial charge < -0.3 is 9.32 Å². The Morgan fingerprint density at radius 2 is 0.966 bits per heavy atom. The third-order valence-corrected chi connectivity index (χ3v) is 12.3. The van der Waals surface area contributed by atoms with Crippen LogP contribution in [0.15, 0.2) is 217 Å². The number of para-hydroxylation sites is 1. The normalized spacial score (nSPS) is 12.7. The molecule has 2 nitrogen and oxygen atoms in total. The Labute approximate surface area is 345 Å². The molecule has 1 aromatic heterocycles. The molecule has 0 N–H and O–H groups in total. The Kier molecular flexibility index (Phi) is 8.20. The highest BCUT2D eigenvalue weighted by Gasteiger charge is 2.38. The number of anilines is 3.